The second-order valence-electron chi connectivity index (χ2n) is 9.46. The van der Waals surface area contributed by atoms with Gasteiger partial charge in [-0.15, -0.1) is 0 Å². The number of halogens is 1. The van der Waals surface area contributed by atoms with Crippen LogP contribution in [0.15, 0.2) is 89.5 Å². The molecule has 190 valence electrons. The molecule has 1 aliphatic rings. The van der Waals surface area contributed by atoms with Crippen LogP contribution in [-0.2, 0) is 11.3 Å². The van der Waals surface area contributed by atoms with E-state index in [-0.39, 0.29) is 24.4 Å². The van der Waals surface area contributed by atoms with E-state index >= 15 is 0 Å². The summed E-state index contributed by atoms with van der Waals surface area (Å²) in [7, 11) is 0. The standard InChI is InChI=1S/C30H30FN3O3/c31-23-15-13-22(14-16-23)28(29(35)32-24-10-5-2-6-11-24)34(20-25-12-7-19-37-25)30(36)27-18-17-26(33-27)21-8-3-1-4-9-21/h1,3-4,7-9,12-19,24,28,33H,2,5-6,10-11,20H2,(H,32,35). The summed E-state index contributed by atoms with van der Waals surface area (Å²) in [5.41, 5.74) is 2.63. The minimum atomic E-state index is -0.969. The monoisotopic (exact) mass is 499 g/mol. The number of amides is 2. The lowest BCUT2D eigenvalue weighted by molar-refractivity contribution is -0.127. The van der Waals surface area contributed by atoms with Gasteiger partial charge in [-0.25, -0.2) is 4.39 Å². The van der Waals surface area contributed by atoms with Crippen LogP contribution in [0.3, 0.4) is 0 Å². The van der Waals surface area contributed by atoms with Crippen LogP contribution in [0, 0.1) is 5.82 Å². The molecule has 6 nitrogen and oxygen atoms in total. The number of nitrogens with one attached hydrogen (secondary N) is 2. The SMILES string of the molecule is O=C(NC1CCCCC1)C(c1ccc(F)cc1)N(Cc1ccco1)C(=O)c1ccc(-c2ccccc2)[nH]1. The van der Waals surface area contributed by atoms with E-state index < -0.39 is 11.9 Å². The number of nitrogens with zero attached hydrogens (tertiary/aromatic N) is 1. The van der Waals surface area contributed by atoms with Crippen molar-refractivity contribution in [1.29, 1.82) is 0 Å². The molecule has 5 rings (SSSR count). The highest BCUT2D eigenvalue weighted by Gasteiger charge is 2.34. The Morgan fingerprint density at radius 3 is 2.41 bits per heavy atom. The number of carbonyl (C=O) groups is 2. The average molecular weight is 500 g/mol. The molecule has 0 radical (unpaired) electrons. The van der Waals surface area contributed by atoms with Crippen LogP contribution in [0.25, 0.3) is 11.3 Å². The van der Waals surface area contributed by atoms with Crippen LogP contribution in [0.2, 0.25) is 0 Å². The summed E-state index contributed by atoms with van der Waals surface area (Å²) in [5, 5.41) is 3.16. The fraction of sp³-hybridized carbons (Fsp3) is 0.267. The molecule has 2 heterocycles. The van der Waals surface area contributed by atoms with E-state index in [1.54, 1.807) is 30.3 Å². The second kappa shape index (κ2) is 11.3. The van der Waals surface area contributed by atoms with Crippen molar-refractivity contribution in [3.05, 3.63) is 108 Å². The van der Waals surface area contributed by atoms with Crippen LogP contribution in [-0.4, -0.2) is 27.7 Å². The van der Waals surface area contributed by atoms with Crippen molar-refractivity contribution in [3.8, 4) is 11.3 Å². The van der Waals surface area contributed by atoms with E-state index in [1.165, 1.54) is 23.3 Å². The van der Waals surface area contributed by atoms with Crippen molar-refractivity contribution in [1.82, 2.24) is 15.2 Å². The number of carbonyl (C=O) groups excluding carboxylic acids is 2. The number of H-pyrrole nitrogens is 1. The van der Waals surface area contributed by atoms with Crippen molar-refractivity contribution in [3.63, 3.8) is 0 Å². The molecular weight excluding hydrogens is 469 g/mol. The van der Waals surface area contributed by atoms with Crippen LogP contribution in [0.5, 0.6) is 0 Å². The topological polar surface area (TPSA) is 78.3 Å². The van der Waals surface area contributed by atoms with Crippen LogP contribution < -0.4 is 5.32 Å². The van der Waals surface area contributed by atoms with Gasteiger partial charge in [0.15, 0.2) is 0 Å². The normalized spacial score (nSPS) is 14.7. The third-order valence-corrected chi connectivity index (χ3v) is 6.87. The van der Waals surface area contributed by atoms with Crippen LogP contribution in [0.1, 0.15) is 60.0 Å². The zero-order chi connectivity index (χ0) is 25.6. The minimum Gasteiger partial charge on any atom is -0.467 e. The summed E-state index contributed by atoms with van der Waals surface area (Å²) in [6.07, 6.45) is 6.64. The summed E-state index contributed by atoms with van der Waals surface area (Å²) < 4.78 is 19.4. The highest BCUT2D eigenvalue weighted by molar-refractivity contribution is 5.97. The Morgan fingerprint density at radius 1 is 0.946 bits per heavy atom. The van der Waals surface area contributed by atoms with Gasteiger partial charge in [0, 0.05) is 11.7 Å². The molecule has 4 aromatic rings. The zero-order valence-electron chi connectivity index (χ0n) is 20.5. The first-order chi connectivity index (χ1) is 18.1. The first-order valence-corrected chi connectivity index (χ1v) is 12.7. The maximum atomic E-state index is 14.0. The molecule has 2 N–H and O–H groups in total. The molecule has 1 fully saturated rings. The highest BCUT2D eigenvalue weighted by Crippen LogP contribution is 2.28. The van der Waals surface area contributed by atoms with Gasteiger partial charge in [0.2, 0.25) is 5.91 Å². The van der Waals surface area contributed by atoms with Gasteiger partial charge in [0.25, 0.3) is 5.91 Å². The van der Waals surface area contributed by atoms with Gasteiger partial charge < -0.3 is 19.6 Å². The van der Waals surface area contributed by atoms with Crippen molar-refractivity contribution in [2.75, 3.05) is 0 Å². The minimum absolute atomic E-state index is 0.0555. The first-order valence-electron chi connectivity index (χ1n) is 12.7. The lowest BCUT2D eigenvalue weighted by Crippen LogP contribution is -2.47. The number of rotatable bonds is 8. The highest BCUT2D eigenvalue weighted by atomic mass is 19.1. The number of hydrogen-bond acceptors (Lipinski definition) is 3. The van der Waals surface area contributed by atoms with E-state index in [1.807, 2.05) is 36.4 Å². The van der Waals surface area contributed by atoms with E-state index in [0.29, 0.717) is 17.0 Å². The van der Waals surface area contributed by atoms with E-state index in [9.17, 15) is 14.0 Å². The van der Waals surface area contributed by atoms with Crippen molar-refractivity contribution < 1.29 is 18.4 Å². The third kappa shape index (κ3) is 5.82. The number of aromatic amines is 1. The van der Waals surface area contributed by atoms with Crippen molar-refractivity contribution in [2.24, 2.45) is 0 Å². The fourth-order valence-electron chi connectivity index (χ4n) is 4.96. The Labute approximate surface area is 215 Å². The molecule has 7 heteroatoms. The summed E-state index contributed by atoms with van der Waals surface area (Å²) in [6, 6.07) is 21.6. The number of benzene rings is 2. The van der Waals surface area contributed by atoms with E-state index in [4.69, 9.17) is 4.42 Å². The number of aromatic nitrogens is 1. The molecule has 0 saturated heterocycles. The van der Waals surface area contributed by atoms with E-state index in [2.05, 4.69) is 10.3 Å². The fourth-order valence-corrected chi connectivity index (χ4v) is 4.96. The predicted octanol–water partition coefficient (Wildman–Crippen LogP) is 6.25. The molecule has 2 aromatic heterocycles. The number of hydrogen-bond donors (Lipinski definition) is 2. The summed E-state index contributed by atoms with van der Waals surface area (Å²) in [4.78, 5) is 32.5. The zero-order valence-corrected chi connectivity index (χ0v) is 20.5. The van der Waals surface area contributed by atoms with Gasteiger partial charge in [-0.2, -0.15) is 0 Å². The summed E-state index contributed by atoms with van der Waals surface area (Å²) in [5.74, 6) is -0.503. The number of furan rings is 1. The lowest BCUT2D eigenvalue weighted by atomic mass is 9.94. The molecule has 37 heavy (non-hydrogen) atoms. The smallest absolute Gasteiger partial charge is 0.271 e. The Balaban J connectivity index is 1.51. The van der Waals surface area contributed by atoms with Crippen LogP contribution in [0.4, 0.5) is 4.39 Å². The Kier molecular flexibility index (Phi) is 7.49. The molecule has 1 saturated carbocycles. The molecule has 1 unspecified atom stereocenters. The Hall–Kier alpha value is -4.13. The molecule has 1 atom stereocenters. The Bertz CT molecular complexity index is 1310. The first kappa shape index (κ1) is 24.6. The second-order valence-corrected chi connectivity index (χ2v) is 9.46. The lowest BCUT2D eigenvalue weighted by Gasteiger charge is -2.32. The largest absolute Gasteiger partial charge is 0.467 e. The summed E-state index contributed by atoms with van der Waals surface area (Å²) >= 11 is 0. The quantitative estimate of drug-likeness (QED) is 0.301. The van der Waals surface area contributed by atoms with Gasteiger partial charge in [-0.05, 0) is 60.4 Å². The van der Waals surface area contributed by atoms with Crippen LogP contribution >= 0.6 is 0 Å². The molecular formula is C30H30FN3O3. The van der Waals surface area contributed by atoms with Gasteiger partial charge in [-0.3, -0.25) is 9.59 Å². The van der Waals surface area contributed by atoms with Gasteiger partial charge in [0.05, 0.1) is 12.8 Å². The van der Waals surface area contributed by atoms with Gasteiger partial charge in [0.1, 0.15) is 23.3 Å². The molecule has 0 aliphatic heterocycles. The predicted molar refractivity (Wildman–Crippen MR) is 139 cm³/mol. The van der Waals surface area contributed by atoms with Gasteiger partial charge >= 0.3 is 0 Å². The van der Waals surface area contributed by atoms with Crippen molar-refractivity contribution >= 4 is 11.8 Å². The van der Waals surface area contributed by atoms with E-state index in [0.717, 1.165) is 43.4 Å². The molecule has 1 aliphatic carbocycles. The van der Waals surface area contributed by atoms with Gasteiger partial charge in [-0.1, -0.05) is 61.7 Å². The Morgan fingerprint density at radius 2 is 1.70 bits per heavy atom. The molecule has 0 spiro atoms. The maximum Gasteiger partial charge on any atom is 0.271 e. The average Bonchev–Trinajstić information content (AvgIpc) is 3.63. The summed E-state index contributed by atoms with van der Waals surface area (Å²) in [6.45, 7) is 0.0751. The molecule has 2 aromatic carbocycles. The third-order valence-electron chi connectivity index (χ3n) is 6.87. The maximum absolute atomic E-state index is 14.0. The molecule has 0 bridgehead atoms. The van der Waals surface area contributed by atoms with Crippen molar-refractivity contribution in [2.45, 2.75) is 50.7 Å². The molecule has 2 amide bonds.